The van der Waals surface area contributed by atoms with Crippen LogP contribution in [0.5, 0.6) is 17.2 Å². The van der Waals surface area contributed by atoms with E-state index >= 15 is 0 Å². The molecule has 0 aliphatic carbocycles. The maximum atomic E-state index is 13.2. The maximum Gasteiger partial charge on any atom is 0.416 e. The van der Waals surface area contributed by atoms with Crippen LogP contribution in [0.4, 0.5) is 4.79 Å². The number of ether oxygens (including phenoxy) is 2. The summed E-state index contributed by atoms with van der Waals surface area (Å²) in [7, 11) is 1.62. The number of phenolic OH excluding ortho intramolecular Hbond substituents is 1. The van der Waals surface area contributed by atoms with Gasteiger partial charge in [-0.1, -0.05) is 23.7 Å². The molecule has 0 radical (unpaired) electrons. The van der Waals surface area contributed by atoms with Gasteiger partial charge in [-0.25, -0.2) is 4.79 Å². The molecule has 1 atom stereocenters. The number of hydrogen-bond acceptors (Lipinski definition) is 4. The second-order valence-corrected chi connectivity index (χ2v) is 8.12. The standard InChI is InChI=1S/C25H21ClN2O4/c1-31-18-7-2-15(3-8-18)24-23-20(21-14-17(29)6-11-22(21)27-23)12-13-28(24)25(30)32-19-9-4-16(26)5-10-19/h2-11,14,24,27,29H,12-13H2,1H3. The summed E-state index contributed by atoms with van der Waals surface area (Å²) in [6.07, 6.45) is 0.196. The molecule has 1 aliphatic rings. The van der Waals surface area contributed by atoms with Crippen LogP contribution >= 0.6 is 11.6 Å². The van der Waals surface area contributed by atoms with Crippen molar-refractivity contribution in [2.24, 2.45) is 0 Å². The van der Waals surface area contributed by atoms with E-state index in [2.05, 4.69) is 4.98 Å². The van der Waals surface area contributed by atoms with Gasteiger partial charge in [-0.05, 0) is 72.1 Å². The Balaban J connectivity index is 1.57. The molecule has 1 unspecified atom stereocenters. The molecule has 5 rings (SSSR count). The smallest absolute Gasteiger partial charge is 0.416 e. The minimum Gasteiger partial charge on any atom is -0.508 e. The summed E-state index contributed by atoms with van der Waals surface area (Å²) in [6.45, 7) is 0.471. The van der Waals surface area contributed by atoms with E-state index in [-0.39, 0.29) is 11.8 Å². The molecule has 162 valence electrons. The normalized spacial score (nSPS) is 15.4. The average Bonchev–Trinajstić information content (AvgIpc) is 3.18. The van der Waals surface area contributed by atoms with Gasteiger partial charge in [-0.15, -0.1) is 0 Å². The van der Waals surface area contributed by atoms with E-state index in [0.29, 0.717) is 23.7 Å². The third-order valence-corrected chi connectivity index (χ3v) is 6.05. The van der Waals surface area contributed by atoms with Crippen molar-refractivity contribution < 1.29 is 19.4 Å². The molecule has 1 aliphatic heterocycles. The molecule has 0 bridgehead atoms. The van der Waals surface area contributed by atoms with Gasteiger partial charge in [0.05, 0.1) is 7.11 Å². The number of benzene rings is 3. The molecule has 1 amide bonds. The van der Waals surface area contributed by atoms with Crippen LogP contribution in [0.2, 0.25) is 5.02 Å². The van der Waals surface area contributed by atoms with E-state index in [1.165, 1.54) is 0 Å². The van der Waals surface area contributed by atoms with E-state index in [1.54, 1.807) is 48.4 Å². The quantitative estimate of drug-likeness (QED) is 0.422. The number of rotatable bonds is 3. The molecule has 0 saturated heterocycles. The highest BCUT2D eigenvalue weighted by atomic mass is 35.5. The highest BCUT2D eigenvalue weighted by molar-refractivity contribution is 6.30. The summed E-state index contributed by atoms with van der Waals surface area (Å²) in [4.78, 5) is 18.4. The first-order valence-corrected chi connectivity index (χ1v) is 10.6. The van der Waals surface area contributed by atoms with Crippen molar-refractivity contribution in [1.29, 1.82) is 0 Å². The molecular formula is C25H21ClN2O4. The van der Waals surface area contributed by atoms with E-state index in [4.69, 9.17) is 21.1 Å². The lowest BCUT2D eigenvalue weighted by molar-refractivity contribution is 0.135. The number of H-pyrrole nitrogens is 1. The number of aromatic nitrogens is 1. The zero-order valence-electron chi connectivity index (χ0n) is 17.3. The van der Waals surface area contributed by atoms with Gasteiger partial charge in [0, 0.05) is 28.2 Å². The van der Waals surface area contributed by atoms with Gasteiger partial charge >= 0.3 is 6.09 Å². The Bertz CT molecular complexity index is 1280. The van der Waals surface area contributed by atoms with Crippen LogP contribution in [-0.4, -0.2) is 34.7 Å². The van der Waals surface area contributed by atoms with Crippen LogP contribution in [0.1, 0.15) is 22.9 Å². The first-order valence-electron chi connectivity index (χ1n) is 10.2. The Labute approximate surface area is 190 Å². The Morgan fingerprint density at radius 3 is 2.50 bits per heavy atom. The highest BCUT2D eigenvalue weighted by Crippen LogP contribution is 2.40. The average molecular weight is 449 g/mol. The number of methoxy groups -OCH3 is 1. The Hall–Kier alpha value is -3.64. The van der Waals surface area contributed by atoms with Crippen molar-refractivity contribution in [3.63, 3.8) is 0 Å². The van der Waals surface area contributed by atoms with Crippen LogP contribution in [0.25, 0.3) is 10.9 Å². The maximum absolute atomic E-state index is 13.2. The molecule has 32 heavy (non-hydrogen) atoms. The summed E-state index contributed by atoms with van der Waals surface area (Å²) < 4.78 is 11.0. The SMILES string of the molecule is COc1ccc(C2c3[nH]c4ccc(O)cc4c3CCN2C(=O)Oc2ccc(Cl)cc2)cc1. The topological polar surface area (TPSA) is 74.8 Å². The fourth-order valence-electron chi connectivity index (χ4n) is 4.27. The van der Waals surface area contributed by atoms with Gasteiger partial charge in [0.15, 0.2) is 0 Å². The van der Waals surface area contributed by atoms with Gasteiger partial charge in [0.2, 0.25) is 0 Å². The van der Waals surface area contributed by atoms with Gasteiger partial charge in [0.1, 0.15) is 23.3 Å². The molecule has 0 saturated carbocycles. The van der Waals surface area contributed by atoms with Crippen molar-refractivity contribution >= 4 is 28.6 Å². The summed E-state index contributed by atoms with van der Waals surface area (Å²) in [5, 5.41) is 11.5. The molecule has 3 aromatic carbocycles. The minimum absolute atomic E-state index is 0.213. The van der Waals surface area contributed by atoms with Crippen molar-refractivity contribution in [2.75, 3.05) is 13.7 Å². The van der Waals surface area contributed by atoms with Crippen LogP contribution in [0, 0.1) is 0 Å². The fourth-order valence-corrected chi connectivity index (χ4v) is 4.39. The predicted octanol–water partition coefficient (Wildman–Crippen LogP) is 5.68. The summed E-state index contributed by atoms with van der Waals surface area (Å²) >= 11 is 5.95. The third kappa shape index (κ3) is 3.63. The molecule has 7 heteroatoms. The van der Waals surface area contributed by atoms with Crippen molar-refractivity contribution in [2.45, 2.75) is 12.5 Å². The number of amides is 1. The second kappa shape index (κ2) is 8.13. The van der Waals surface area contributed by atoms with Crippen molar-refractivity contribution in [1.82, 2.24) is 9.88 Å². The lowest BCUT2D eigenvalue weighted by atomic mass is 9.92. The molecule has 1 aromatic heterocycles. The summed E-state index contributed by atoms with van der Waals surface area (Å²) in [5.41, 5.74) is 3.84. The molecule has 2 heterocycles. The fraction of sp³-hybridized carbons (Fsp3) is 0.160. The zero-order chi connectivity index (χ0) is 22.2. The van der Waals surface area contributed by atoms with Crippen LogP contribution in [0.3, 0.4) is 0 Å². The predicted molar refractivity (Wildman–Crippen MR) is 123 cm³/mol. The monoisotopic (exact) mass is 448 g/mol. The summed E-state index contributed by atoms with van der Waals surface area (Å²) in [5.74, 6) is 1.38. The van der Waals surface area contributed by atoms with Crippen LogP contribution in [-0.2, 0) is 6.42 Å². The molecule has 2 N–H and O–H groups in total. The lowest BCUT2D eigenvalue weighted by Gasteiger charge is -2.35. The zero-order valence-corrected chi connectivity index (χ0v) is 18.1. The number of fused-ring (bicyclic) bond motifs is 3. The van der Waals surface area contributed by atoms with Gasteiger partial charge < -0.3 is 19.6 Å². The number of aromatic amines is 1. The third-order valence-electron chi connectivity index (χ3n) is 5.80. The number of carbonyl (C=O) groups excluding carboxylic acids is 1. The van der Waals surface area contributed by atoms with E-state index < -0.39 is 6.09 Å². The first kappa shape index (κ1) is 20.3. The number of aromatic hydroxyl groups is 1. The number of phenols is 1. The Morgan fingerprint density at radius 2 is 1.78 bits per heavy atom. The van der Waals surface area contributed by atoms with Gasteiger partial charge in [0.25, 0.3) is 0 Å². The van der Waals surface area contributed by atoms with Gasteiger partial charge in [-0.3, -0.25) is 4.90 Å². The Morgan fingerprint density at radius 1 is 1.06 bits per heavy atom. The first-order chi connectivity index (χ1) is 15.5. The van der Waals surface area contributed by atoms with Crippen LogP contribution in [0.15, 0.2) is 66.7 Å². The Kier molecular flexibility index (Phi) is 5.15. The number of carbonyl (C=O) groups is 1. The number of hydrogen-bond donors (Lipinski definition) is 2. The number of nitrogens with one attached hydrogen (secondary N) is 1. The number of halogens is 1. The van der Waals surface area contributed by atoms with Gasteiger partial charge in [-0.2, -0.15) is 0 Å². The number of nitrogens with zero attached hydrogens (tertiary/aromatic N) is 1. The molecule has 6 nitrogen and oxygen atoms in total. The molecule has 0 fully saturated rings. The largest absolute Gasteiger partial charge is 0.508 e. The highest BCUT2D eigenvalue weighted by Gasteiger charge is 2.35. The van der Waals surface area contributed by atoms with Crippen molar-refractivity contribution in [3.05, 3.63) is 88.6 Å². The summed E-state index contributed by atoms with van der Waals surface area (Å²) in [6, 6.07) is 19.2. The lowest BCUT2D eigenvalue weighted by Crippen LogP contribution is -2.42. The van der Waals surface area contributed by atoms with E-state index in [1.807, 2.05) is 30.3 Å². The van der Waals surface area contributed by atoms with E-state index in [9.17, 15) is 9.90 Å². The molecular weight excluding hydrogens is 428 g/mol. The van der Waals surface area contributed by atoms with Crippen molar-refractivity contribution in [3.8, 4) is 17.2 Å². The molecule has 4 aromatic rings. The molecule has 0 spiro atoms. The second-order valence-electron chi connectivity index (χ2n) is 7.69. The minimum atomic E-state index is -0.444. The van der Waals surface area contributed by atoms with E-state index in [0.717, 1.165) is 33.5 Å². The van der Waals surface area contributed by atoms with Crippen LogP contribution < -0.4 is 9.47 Å².